The molecule has 1 aliphatic heterocycles. The predicted octanol–water partition coefficient (Wildman–Crippen LogP) is 4.48. The van der Waals surface area contributed by atoms with E-state index in [1.807, 2.05) is 30.3 Å². The Morgan fingerprint density at radius 2 is 1.72 bits per heavy atom. The highest BCUT2D eigenvalue weighted by molar-refractivity contribution is 6.33. The maximum Gasteiger partial charge on any atom is 0.417 e. The van der Waals surface area contributed by atoms with E-state index < -0.39 is 11.7 Å². The maximum absolute atomic E-state index is 13.0. The topological polar surface area (TPSA) is 62.2 Å². The third-order valence-corrected chi connectivity index (χ3v) is 5.54. The van der Waals surface area contributed by atoms with Gasteiger partial charge in [0.25, 0.3) is 5.91 Å². The predicted molar refractivity (Wildman–Crippen MR) is 115 cm³/mol. The van der Waals surface area contributed by atoms with E-state index in [4.69, 9.17) is 11.6 Å². The number of benzene rings is 1. The van der Waals surface area contributed by atoms with Crippen LogP contribution in [0.25, 0.3) is 11.4 Å². The molecule has 6 nitrogen and oxygen atoms in total. The van der Waals surface area contributed by atoms with Crippen LogP contribution in [0.4, 0.5) is 19.0 Å². The number of alkyl halides is 3. The molecule has 1 aromatic carbocycles. The first kappa shape index (κ1) is 22.0. The number of piperazine rings is 1. The van der Waals surface area contributed by atoms with Crippen molar-refractivity contribution in [2.24, 2.45) is 0 Å². The van der Waals surface area contributed by atoms with Crippen molar-refractivity contribution < 1.29 is 18.0 Å². The van der Waals surface area contributed by atoms with Gasteiger partial charge in [-0.2, -0.15) is 13.2 Å². The molecule has 0 N–H and O–H groups in total. The van der Waals surface area contributed by atoms with Gasteiger partial charge in [-0.3, -0.25) is 4.79 Å². The molecule has 2 aromatic heterocycles. The smallest absolute Gasteiger partial charge is 0.352 e. The number of anilines is 1. The summed E-state index contributed by atoms with van der Waals surface area (Å²) in [5.74, 6) is 0.638. The fraction of sp³-hybridized carbons (Fsp3) is 0.273. The number of rotatable bonds is 3. The van der Waals surface area contributed by atoms with Crippen LogP contribution in [-0.2, 0) is 6.18 Å². The van der Waals surface area contributed by atoms with Crippen molar-refractivity contribution in [3.8, 4) is 11.4 Å². The van der Waals surface area contributed by atoms with Gasteiger partial charge >= 0.3 is 6.18 Å². The van der Waals surface area contributed by atoms with Crippen LogP contribution in [0.5, 0.6) is 0 Å². The van der Waals surface area contributed by atoms with E-state index in [0.717, 1.165) is 17.8 Å². The summed E-state index contributed by atoms with van der Waals surface area (Å²) >= 11 is 6.05. The number of aryl methyl sites for hydroxylation is 1. The highest BCUT2D eigenvalue weighted by Crippen LogP contribution is 2.33. The number of pyridine rings is 1. The average Bonchev–Trinajstić information content (AvgIpc) is 2.78. The van der Waals surface area contributed by atoms with E-state index in [1.54, 1.807) is 16.7 Å². The number of carbonyl (C=O) groups is 1. The summed E-state index contributed by atoms with van der Waals surface area (Å²) in [6.45, 7) is 3.30. The molecule has 0 unspecified atom stereocenters. The molecule has 10 heteroatoms. The average molecular weight is 462 g/mol. The molecule has 0 atom stereocenters. The molecule has 32 heavy (non-hydrogen) atoms. The molecule has 0 radical (unpaired) electrons. The third-order valence-electron chi connectivity index (χ3n) is 5.26. The molecule has 4 rings (SSSR count). The lowest BCUT2D eigenvalue weighted by atomic mass is 10.1. The van der Waals surface area contributed by atoms with Crippen LogP contribution < -0.4 is 4.90 Å². The van der Waals surface area contributed by atoms with Crippen molar-refractivity contribution in [1.82, 2.24) is 19.9 Å². The van der Waals surface area contributed by atoms with Crippen LogP contribution in [-0.4, -0.2) is 51.9 Å². The summed E-state index contributed by atoms with van der Waals surface area (Å²) in [4.78, 5) is 29.1. The molecule has 166 valence electrons. The SMILES string of the molecule is Cc1nc(-c2ccccc2)ncc1C(=O)N1CCN(c2ncc(C(F)(F)F)cc2Cl)CC1. The van der Waals surface area contributed by atoms with Crippen molar-refractivity contribution in [3.05, 3.63) is 70.6 Å². The molecule has 1 fully saturated rings. The van der Waals surface area contributed by atoms with Gasteiger partial charge in [0.15, 0.2) is 5.82 Å². The number of carbonyl (C=O) groups excluding carboxylic acids is 1. The highest BCUT2D eigenvalue weighted by atomic mass is 35.5. The van der Waals surface area contributed by atoms with Gasteiger partial charge in [-0.1, -0.05) is 41.9 Å². The van der Waals surface area contributed by atoms with Gasteiger partial charge in [-0.05, 0) is 13.0 Å². The first-order valence-electron chi connectivity index (χ1n) is 9.90. The number of aromatic nitrogens is 3. The first-order chi connectivity index (χ1) is 15.2. The minimum atomic E-state index is -4.50. The molecule has 0 bridgehead atoms. The van der Waals surface area contributed by atoms with Crippen molar-refractivity contribution in [1.29, 1.82) is 0 Å². The Morgan fingerprint density at radius 1 is 1.03 bits per heavy atom. The summed E-state index contributed by atoms with van der Waals surface area (Å²) in [6.07, 6.45) is -2.20. The Bertz CT molecular complexity index is 1130. The maximum atomic E-state index is 13.0. The Hall–Kier alpha value is -3.20. The number of nitrogens with zero attached hydrogens (tertiary/aromatic N) is 5. The molecular weight excluding hydrogens is 443 g/mol. The van der Waals surface area contributed by atoms with Crippen LogP contribution in [0, 0.1) is 6.92 Å². The zero-order valence-corrected chi connectivity index (χ0v) is 17.9. The molecular formula is C22H19ClF3N5O. The van der Waals surface area contributed by atoms with E-state index in [2.05, 4.69) is 15.0 Å². The van der Waals surface area contributed by atoms with Crippen molar-refractivity contribution in [2.75, 3.05) is 31.1 Å². The standard InChI is InChI=1S/C22H19ClF3N5O/c1-14-17(13-27-19(29-14)15-5-3-2-4-6-15)21(32)31-9-7-30(8-10-31)20-18(23)11-16(12-28-20)22(24,25)26/h2-6,11-13H,7-10H2,1H3. The Labute approximate surface area is 187 Å². The lowest BCUT2D eigenvalue weighted by Gasteiger charge is -2.36. The van der Waals surface area contributed by atoms with Gasteiger partial charge in [0.2, 0.25) is 0 Å². The van der Waals surface area contributed by atoms with Gasteiger partial charge in [0.05, 0.1) is 21.8 Å². The molecule has 3 aromatic rings. The molecule has 0 saturated carbocycles. The number of hydrogen-bond donors (Lipinski definition) is 0. The molecule has 0 spiro atoms. The van der Waals surface area contributed by atoms with E-state index in [9.17, 15) is 18.0 Å². The Morgan fingerprint density at radius 3 is 2.31 bits per heavy atom. The Balaban J connectivity index is 1.44. The highest BCUT2D eigenvalue weighted by Gasteiger charge is 2.32. The fourth-order valence-corrected chi connectivity index (χ4v) is 3.80. The molecule has 1 saturated heterocycles. The van der Waals surface area contributed by atoms with Crippen LogP contribution in [0.15, 0.2) is 48.8 Å². The van der Waals surface area contributed by atoms with Gasteiger partial charge in [0.1, 0.15) is 5.82 Å². The second-order valence-electron chi connectivity index (χ2n) is 7.37. The minimum Gasteiger partial charge on any atom is -0.352 e. The summed E-state index contributed by atoms with van der Waals surface area (Å²) in [7, 11) is 0. The van der Waals surface area contributed by atoms with Crippen molar-refractivity contribution in [2.45, 2.75) is 13.1 Å². The number of hydrogen-bond acceptors (Lipinski definition) is 5. The quantitative estimate of drug-likeness (QED) is 0.575. The van der Waals surface area contributed by atoms with E-state index in [0.29, 0.717) is 43.3 Å². The van der Waals surface area contributed by atoms with Crippen molar-refractivity contribution >= 4 is 23.3 Å². The van der Waals surface area contributed by atoms with Gasteiger partial charge in [-0.25, -0.2) is 15.0 Å². The summed E-state index contributed by atoms with van der Waals surface area (Å²) in [5, 5.41) is -0.0691. The second kappa shape index (κ2) is 8.74. The van der Waals surface area contributed by atoms with Gasteiger partial charge in [0, 0.05) is 44.1 Å². The zero-order valence-electron chi connectivity index (χ0n) is 17.1. The fourth-order valence-electron chi connectivity index (χ4n) is 3.51. The number of halogens is 4. The molecule has 3 heterocycles. The lowest BCUT2D eigenvalue weighted by Crippen LogP contribution is -2.49. The van der Waals surface area contributed by atoms with Crippen LogP contribution >= 0.6 is 11.6 Å². The largest absolute Gasteiger partial charge is 0.417 e. The van der Waals surface area contributed by atoms with Gasteiger partial charge < -0.3 is 9.80 Å². The van der Waals surface area contributed by atoms with Crippen LogP contribution in [0.2, 0.25) is 5.02 Å². The van der Waals surface area contributed by atoms with Gasteiger partial charge in [-0.15, -0.1) is 0 Å². The second-order valence-corrected chi connectivity index (χ2v) is 7.77. The Kier molecular flexibility index (Phi) is 6.01. The van der Waals surface area contributed by atoms with Crippen molar-refractivity contribution in [3.63, 3.8) is 0 Å². The first-order valence-corrected chi connectivity index (χ1v) is 10.3. The minimum absolute atomic E-state index is 0.0691. The van der Waals surface area contributed by atoms with Crippen LogP contribution in [0.1, 0.15) is 21.6 Å². The van der Waals surface area contributed by atoms with E-state index in [-0.39, 0.29) is 16.7 Å². The zero-order chi connectivity index (χ0) is 22.9. The van der Waals surface area contributed by atoms with Crippen LogP contribution in [0.3, 0.4) is 0 Å². The molecule has 1 amide bonds. The van der Waals surface area contributed by atoms with E-state index in [1.165, 1.54) is 6.20 Å². The monoisotopic (exact) mass is 461 g/mol. The van der Waals surface area contributed by atoms with E-state index >= 15 is 0 Å². The third kappa shape index (κ3) is 4.52. The molecule has 0 aliphatic carbocycles. The molecule has 1 aliphatic rings. The summed E-state index contributed by atoms with van der Waals surface area (Å²) < 4.78 is 38.5. The normalized spacial score (nSPS) is 14.5. The lowest BCUT2D eigenvalue weighted by molar-refractivity contribution is -0.137. The number of amides is 1. The summed E-state index contributed by atoms with van der Waals surface area (Å²) in [6, 6.07) is 10.4. The summed E-state index contributed by atoms with van der Waals surface area (Å²) in [5.41, 5.74) is 0.973.